The molecule has 3 amide bonds. The molecule has 1 aromatic rings. The van der Waals surface area contributed by atoms with Crippen LogP contribution in [0.25, 0.3) is 0 Å². The lowest BCUT2D eigenvalue weighted by molar-refractivity contribution is -0.115. The number of nitrogens with one attached hydrogen (secondary N) is 3. The number of carbonyl (C=O) groups excluding carboxylic acids is 2. The molecule has 0 aromatic heterocycles. The molecule has 1 fully saturated rings. The molecule has 25 heavy (non-hydrogen) atoms. The number of morpholine rings is 1. The topological polar surface area (TPSA) is 82.7 Å². The van der Waals surface area contributed by atoms with Crippen molar-refractivity contribution in [2.45, 2.75) is 32.4 Å². The molecule has 0 bridgehead atoms. The predicted molar refractivity (Wildman–Crippen MR) is 95.6 cm³/mol. The van der Waals surface area contributed by atoms with Crippen LogP contribution in [0.5, 0.6) is 0 Å². The van der Waals surface area contributed by atoms with Gasteiger partial charge < -0.3 is 20.7 Å². The SMILES string of the molecule is C[C@H](NC(=O)N[C@@H](C)CN1CCOCC1)c1ccc2c(c1)CC(=O)N2. The highest BCUT2D eigenvalue weighted by molar-refractivity contribution is 5.99. The van der Waals surface area contributed by atoms with E-state index in [9.17, 15) is 9.59 Å². The number of nitrogens with zero attached hydrogens (tertiary/aromatic N) is 1. The van der Waals surface area contributed by atoms with Crippen molar-refractivity contribution in [1.82, 2.24) is 15.5 Å². The van der Waals surface area contributed by atoms with Crippen LogP contribution in [0.3, 0.4) is 0 Å². The number of carbonyl (C=O) groups is 2. The maximum absolute atomic E-state index is 12.2. The van der Waals surface area contributed by atoms with Crippen molar-refractivity contribution >= 4 is 17.6 Å². The van der Waals surface area contributed by atoms with Crippen LogP contribution in [0.2, 0.25) is 0 Å². The number of ether oxygens (including phenoxy) is 1. The van der Waals surface area contributed by atoms with Gasteiger partial charge in [0.05, 0.1) is 25.7 Å². The third kappa shape index (κ3) is 4.70. The van der Waals surface area contributed by atoms with Crippen LogP contribution < -0.4 is 16.0 Å². The molecule has 0 radical (unpaired) electrons. The fourth-order valence-electron chi connectivity index (χ4n) is 3.28. The monoisotopic (exact) mass is 346 g/mol. The van der Waals surface area contributed by atoms with E-state index in [1.54, 1.807) is 0 Å². The van der Waals surface area contributed by atoms with Gasteiger partial charge in [0.2, 0.25) is 5.91 Å². The highest BCUT2D eigenvalue weighted by Gasteiger charge is 2.20. The highest BCUT2D eigenvalue weighted by atomic mass is 16.5. The first-order chi connectivity index (χ1) is 12.0. The lowest BCUT2D eigenvalue weighted by Gasteiger charge is -2.29. The largest absolute Gasteiger partial charge is 0.379 e. The molecule has 2 aliphatic heterocycles. The van der Waals surface area contributed by atoms with Gasteiger partial charge in [0.1, 0.15) is 0 Å². The van der Waals surface area contributed by atoms with Crippen molar-refractivity contribution in [1.29, 1.82) is 0 Å². The summed E-state index contributed by atoms with van der Waals surface area (Å²) in [5, 5.41) is 8.77. The summed E-state index contributed by atoms with van der Waals surface area (Å²) in [4.78, 5) is 26.0. The van der Waals surface area contributed by atoms with Crippen molar-refractivity contribution in [2.75, 3.05) is 38.2 Å². The van der Waals surface area contributed by atoms with E-state index in [2.05, 4.69) is 20.9 Å². The van der Waals surface area contributed by atoms with Crippen molar-refractivity contribution in [3.05, 3.63) is 29.3 Å². The van der Waals surface area contributed by atoms with E-state index in [-0.39, 0.29) is 24.0 Å². The molecule has 1 aromatic carbocycles. The number of benzene rings is 1. The molecule has 2 atom stereocenters. The van der Waals surface area contributed by atoms with Crippen molar-refractivity contribution in [2.24, 2.45) is 0 Å². The molecular formula is C18H26N4O3. The van der Waals surface area contributed by atoms with Crippen molar-refractivity contribution in [3.63, 3.8) is 0 Å². The van der Waals surface area contributed by atoms with E-state index in [4.69, 9.17) is 4.74 Å². The smallest absolute Gasteiger partial charge is 0.315 e. The summed E-state index contributed by atoms with van der Waals surface area (Å²) in [7, 11) is 0. The number of fused-ring (bicyclic) bond motifs is 1. The van der Waals surface area contributed by atoms with Crippen LogP contribution in [0.1, 0.15) is 31.0 Å². The minimum absolute atomic E-state index is 0.0162. The molecule has 3 N–H and O–H groups in total. The molecule has 0 saturated carbocycles. The molecule has 2 heterocycles. The summed E-state index contributed by atoms with van der Waals surface area (Å²) in [5.41, 5.74) is 2.84. The zero-order valence-electron chi connectivity index (χ0n) is 14.8. The summed E-state index contributed by atoms with van der Waals surface area (Å²) in [6.07, 6.45) is 0.401. The Morgan fingerprint density at radius 1 is 1.28 bits per heavy atom. The fraction of sp³-hybridized carbons (Fsp3) is 0.556. The second-order valence-electron chi connectivity index (χ2n) is 6.80. The average Bonchev–Trinajstić information content (AvgIpc) is 2.94. The minimum Gasteiger partial charge on any atom is -0.379 e. The molecular weight excluding hydrogens is 320 g/mol. The van der Waals surface area contributed by atoms with Crippen LogP contribution >= 0.6 is 0 Å². The third-order valence-electron chi connectivity index (χ3n) is 4.62. The van der Waals surface area contributed by atoms with Gasteiger partial charge in [-0.25, -0.2) is 4.79 Å². The molecule has 2 aliphatic rings. The number of hydrogen-bond acceptors (Lipinski definition) is 4. The lowest BCUT2D eigenvalue weighted by Crippen LogP contribution is -2.48. The Labute approximate surface area is 148 Å². The summed E-state index contributed by atoms with van der Waals surface area (Å²) in [5.74, 6) is 0.0162. The van der Waals surface area contributed by atoms with E-state index in [0.717, 1.165) is 49.7 Å². The molecule has 0 unspecified atom stereocenters. The number of amides is 3. The Balaban J connectivity index is 1.48. The maximum atomic E-state index is 12.2. The summed E-state index contributed by atoms with van der Waals surface area (Å²) < 4.78 is 5.34. The molecule has 0 spiro atoms. The number of rotatable bonds is 5. The first-order valence-corrected chi connectivity index (χ1v) is 8.81. The second-order valence-corrected chi connectivity index (χ2v) is 6.80. The third-order valence-corrected chi connectivity index (χ3v) is 4.62. The molecule has 0 aliphatic carbocycles. The molecule has 1 saturated heterocycles. The zero-order chi connectivity index (χ0) is 17.8. The number of anilines is 1. The Hall–Kier alpha value is -2.12. The van der Waals surface area contributed by atoms with E-state index < -0.39 is 0 Å². The highest BCUT2D eigenvalue weighted by Crippen LogP contribution is 2.26. The van der Waals surface area contributed by atoms with Crippen molar-refractivity contribution in [3.8, 4) is 0 Å². The first kappa shape index (κ1) is 17.7. The Bertz CT molecular complexity index is 643. The molecule has 7 heteroatoms. The van der Waals surface area contributed by atoms with Gasteiger partial charge in [0, 0.05) is 31.4 Å². The first-order valence-electron chi connectivity index (χ1n) is 8.81. The standard InChI is InChI=1S/C18H26N4O3/c1-12(11-22-5-7-25-8-6-22)19-18(24)20-13(2)14-3-4-16-15(9-14)10-17(23)21-16/h3-4,9,12-13H,5-8,10-11H2,1-2H3,(H,21,23)(H2,19,20,24)/t12-,13-/m0/s1. The zero-order valence-corrected chi connectivity index (χ0v) is 14.8. The average molecular weight is 346 g/mol. The van der Waals surface area contributed by atoms with Crippen LogP contribution in [0.4, 0.5) is 10.5 Å². The Morgan fingerprint density at radius 3 is 2.80 bits per heavy atom. The Morgan fingerprint density at radius 2 is 2.04 bits per heavy atom. The predicted octanol–water partition coefficient (Wildman–Crippen LogP) is 1.26. The van der Waals surface area contributed by atoms with Gasteiger partial charge in [-0.1, -0.05) is 12.1 Å². The summed E-state index contributed by atoms with van der Waals surface area (Å²) in [6.45, 7) is 8.09. The van der Waals surface area contributed by atoms with E-state index in [1.807, 2.05) is 32.0 Å². The van der Waals surface area contributed by atoms with Gasteiger partial charge >= 0.3 is 6.03 Å². The van der Waals surface area contributed by atoms with E-state index in [0.29, 0.717) is 6.42 Å². The second kappa shape index (κ2) is 7.84. The number of hydrogen-bond donors (Lipinski definition) is 3. The van der Waals surface area contributed by atoms with Crippen LogP contribution in [0.15, 0.2) is 18.2 Å². The van der Waals surface area contributed by atoms with Gasteiger partial charge in [-0.2, -0.15) is 0 Å². The molecule has 3 rings (SSSR count). The van der Waals surface area contributed by atoms with Gasteiger partial charge in [0.15, 0.2) is 0 Å². The van der Waals surface area contributed by atoms with Gasteiger partial charge in [-0.3, -0.25) is 9.69 Å². The van der Waals surface area contributed by atoms with Crippen LogP contribution in [-0.2, 0) is 16.0 Å². The normalized spacial score (nSPS) is 19.7. The lowest BCUT2D eigenvalue weighted by atomic mass is 10.0. The van der Waals surface area contributed by atoms with Gasteiger partial charge in [-0.15, -0.1) is 0 Å². The maximum Gasteiger partial charge on any atom is 0.315 e. The van der Waals surface area contributed by atoms with Gasteiger partial charge in [-0.05, 0) is 31.0 Å². The quantitative estimate of drug-likeness (QED) is 0.750. The molecule has 136 valence electrons. The van der Waals surface area contributed by atoms with E-state index in [1.165, 1.54) is 0 Å². The Kier molecular flexibility index (Phi) is 5.55. The van der Waals surface area contributed by atoms with E-state index >= 15 is 0 Å². The molecule has 7 nitrogen and oxygen atoms in total. The van der Waals surface area contributed by atoms with Crippen LogP contribution in [0, 0.1) is 0 Å². The fourth-order valence-corrected chi connectivity index (χ4v) is 3.28. The van der Waals surface area contributed by atoms with Crippen LogP contribution in [-0.4, -0.2) is 55.7 Å². The summed E-state index contributed by atoms with van der Waals surface area (Å²) >= 11 is 0. The summed E-state index contributed by atoms with van der Waals surface area (Å²) in [6, 6.07) is 5.57. The van der Waals surface area contributed by atoms with Crippen molar-refractivity contribution < 1.29 is 14.3 Å². The minimum atomic E-state index is -0.178. The number of urea groups is 1. The van der Waals surface area contributed by atoms with Gasteiger partial charge in [0.25, 0.3) is 0 Å².